The molecule has 0 bridgehead atoms. The van der Waals surface area contributed by atoms with Crippen LogP contribution in [0.3, 0.4) is 0 Å². The number of carbonyl (C=O) groups is 3. The third-order valence-electron chi connectivity index (χ3n) is 6.16. The maximum absolute atomic E-state index is 14.2. The molecule has 1 unspecified atom stereocenters. The van der Waals surface area contributed by atoms with Gasteiger partial charge in [0, 0.05) is 18.3 Å². The average molecular weight is 421 g/mol. The molecule has 7 heteroatoms. The Hall–Kier alpha value is -3.48. The van der Waals surface area contributed by atoms with Crippen LogP contribution < -0.4 is 15.1 Å². The van der Waals surface area contributed by atoms with Crippen molar-refractivity contribution in [3.63, 3.8) is 0 Å². The summed E-state index contributed by atoms with van der Waals surface area (Å²) in [5.74, 6) is -2.09. The van der Waals surface area contributed by atoms with Crippen LogP contribution >= 0.6 is 0 Å². The number of nitrogens with one attached hydrogen (secondary N) is 1. The zero-order valence-electron chi connectivity index (χ0n) is 17.9. The predicted molar refractivity (Wildman–Crippen MR) is 117 cm³/mol. The van der Waals surface area contributed by atoms with E-state index in [0.29, 0.717) is 16.4 Å². The first-order chi connectivity index (χ1) is 14.6. The quantitative estimate of drug-likeness (QED) is 0.583. The van der Waals surface area contributed by atoms with Gasteiger partial charge in [0.25, 0.3) is 11.8 Å². The highest BCUT2D eigenvalue weighted by Gasteiger charge is 2.38. The number of urea groups is 1. The fourth-order valence-electron chi connectivity index (χ4n) is 4.36. The van der Waals surface area contributed by atoms with Gasteiger partial charge in [0.1, 0.15) is 11.4 Å². The number of fused-ring (bicyclic) bond motifs is 1. The maximum atomic E-state index is 14.2. The molecule has 4 amide bonds. The maximum Gasteiger partial charge on any atom is 0.336 e. The highest BCUT2D eigenvalue weighted by molar-refractivity contribution is 6.39. The molecule has 1 N–H and O–H groups in total. The average Bonchev–Trinajstić information content (AvgIpc) is 2.70. The molecule has 160 valence electrons. The summed E-state index contributed by atoms with van der Waals surface area (Å²) in [4.78, 5) is 40.6. The largest absolute Gasteiger partial charge is 0.369 e. The molecule has 1 fully saturated rings. The number of imide groups is 2. The van der Waals surface area contributed by atoms with Gasteiger partial charge in [-0.25, -0.2) is 14.1 Å². The Kier molecular flexibility index (Phi) is 4.92. The molecule has 31 heavy (non-hydrogen) atoms. The van der Waals surface area contributed by atoms with Crippen LogP contribution in [0.4, 0.5) is 20.6 Å². The number of barbiturate groups is 1. The fraction of sp³-hybridized carbons (Fsp3) is 0.292. The lowest BCUT2D eigenvalue weighted by atomic mass is 9.80. The highest BCUT2D eigenvalue weighted by atomic mass is 19.1. The van der Waals surface area contributed by atoms with E-state index >= 15 is 0 Å². The number of benzene rings is 2. The standard InChI is InChI=1S/C24H24FN3O3/c1-14-13-24(2,3)27(4)19-10-9-15(11-16(14)19)12-17-21(29)26-23(31)28(22(17)30)20-8-6-5-7-18(20)25/h5-12,14H,13H2,1-4H3,(H,26,29,31)/b17-12+. The van der Waals surface area contributed by atoms with Crippen LogP contribution in [0.2, 0.25) is 0 Å². The van der Waals surface area contributed by atoms with E-state index in [1.54, 1.807) is 0 Å². The van der Waals surface area contributed by atoms with E-state index in [0.717, 1.165) is 23.7 Å². The summed E-state index contributed by atoms with van der Waals surface area (Å²) in [6.45, 7) is 6.55. The van der Waals surface area contributed by atoms with Gasteiger partial charge in [0.05, 0.1) is 5.69 Å². The van der Waals surface area contributed by atoms with Gasteiger partial charge in [-0.3, -0.25) is 14.9 Å². The van der Waals surface area contributed by atoms with Crippen molar-refractivity contribution in [2.75, 3.05) is 16.8 Å². The molecular formula is C24H24FN3O3. The number of hydrogen-bond donors (Lipinski definition) is 1. The van der Waals surface area contributed by atoms with Crippen molar-refractivity contribution in [3.05, 3.63) is 65.0 Å². The van der Waals surface area contributed by atoms with Crippen molar-refractivity contribution >= 4 is 35.3 Å². The second-order valence-corrected chi connectivity index (χ2v) is 8.70. The van der Waals surface area contributed by atoms with Crippen molar-refractivity contribution in [2.24, 2.45) is 0 Å². The van der Waals surface area contributed by atoms with E-state index in [-0.39, 0.29) is 16.8 Å². The van der Waals surface area contributed by atoms with E-state index in [1.165, 1.54) is 24.3 Å². The normalized spacial score (nSPS) is 21.9. The van der Waals surface area contributed by atoms with Gasteiger partial charge in [-0.1, -0.05) is 25.1 Å². The van der Waals surface area contributed by atoms with Crippen LogP contribution in [-0.4, -0.2) is 30.4 Å². The second kappa shape index (κ2) is 7.34. The number of amides is 4. The molecule has 2 aliphatic heterocycles. The molecule has 2 aromatic rings. The van der Waals surface area contributed by atoms with Crippen molar-refractivity contribution in [2.45, 2.75) is 38.6 Å². The third kappa shape index (κ3) is 3.50. The van der Waals surface area contributed by atoms with Gasteiger partial charge in [-0.05, 0) is 67.7 Å². The van der Waals surface area contributed by atoms with E-state index < -0.39 is 23.7 Å². The minimum Gasteiger partial charge on any atom is -0.369 e. The van der Waals surface area contributed by atoms with Crippen LogP contribution in [-0.2, 0) is 9.59 Å². The molecule has 6 nitrogen and oxygen atoms in total. The predicted octanol–water partition coefficient (Wildman–Crippen LogP) is 4.21. The van der Waals surface area contributed by atoms with Crippen molar-refractivity contribution in [3.8, 4) is 0 Å². The molecule has 1 atom stereocenters. The number of hydrogen-bond acceptors (Lipinski definition) is 4. The van der Waals surface area contributed by atoms with Crippen LogP contribution in [0.15, 0.2) is 48.0 Å². The van der Waals surface area contributed by atoms with Crippen molar-refractivity contribution in [1.82, 2.24) is 5.32 Å². The van der Waals surface area contributed by atoms with Gasteiger partial charge < -0.3 is 4.90 Å². The van der Waals surface area contributed by atoms with Gasteiger partial charge in [-0.2, -0.15) is 0 Å². The Labute approximate surface area is 180 Å². The van der Waals surface area contributed by atoms with Gasteiger partial charge in [-0.15, -0.1) is 0 Å². The molecule has 1 saturated heterocycles. The second-order valence-electron chi connectivity index (χ2n) is 8.70. The third-order valence-corrected chi connectivity index (χ3v) is 6.16. The van der Waals surface area contributed by atoms with E-state index in [1.807, 2.05) is 18.2 Å². The minimum atomic E-state index is -0.972. The van der Waals surface area contributed by atoms with Crippen LogP contribution in [0.25, 0.3) is 6.08 Å². The summed E-state index contributed by atoms with van der Waals surface area (Å²) >= 11 is 0. The SMILES string of the molecule is CC1CC(C)(C)N(C)c2ccc(/C=C3\C(=O)NC(=O)N(c4ccccc4F)C3=O)cc21. The molecule has 4 rings (SSSR count). The van der Waals surface area contributed by atoms with Crippen LogP contribution in [0.1, 0.15) is 44.2 Å². The van der Waals surface area contributed by atoms with Crippen molar-refractivity contribution < 1.29 is 18.8 Å². The van der Waals surface area contributed by atoms with Crippen LogP contribution in [0, 0.1) is 5.82 Å². The minimum absolute atomic E-state index is 0.0201. The summed E-state index contributed by atoms with van der Waals surface area (Å²) < 4.78 is 14.2. The summed E-state index contributed by atoms with van der Waals surface area (Å²) in [6.07, 6.45) is 2.41. The molecule has 2 aliphatic rings. The van der Waals surface area contributed by atoms with E-state index in [2.05, 4.69) is 38.0 Å². The summed E-state index contributed by atoms with van der Waals surface area (Å²) in [5, 5.41) is 2.13. The summed E-state index contributed by atoms with van der Waals surface area (Å²) in [7, 11) is 2.05. The Bertz CT molecular complexity index is 1140. The Morgan fingerprint density at radius 3 is 2.52 bits per heavy atom. The molecule has 0 spiro atoms. The van der Waals surface area contributed by atoms with Gasteiger partial charge in [0.15, 0.2) is 0 Å². The van der Waals surface area contributed by atoms with E-state index in [9.17, 15) is 18.8 Å². The highest BCUT2D eigenvalue weighted by Crippen LogP contribution is 2.42. The first-order valence-electron chi connectivity index (χ1n) is 10.1. The number of para-hydroxylation sites is 1. The number of anilines is 2. The number of nitrogens with zero attached hydrogens (tertiary/aromatic N) is 2. The number of rotatable bonds is 2. The Morgan fingerprint density at radius 2 is 1.81 bits per heavy atom. The molecule has 2 heterocycles. The lowest BCUT2D eigenvalue weighted by molar-refractivity contribution is -0.122. The topological polar surface area (TPSA) is 69.7 Å². The molecule has 0 radical (unpaired) electrons. The molecule has 0 aromatic heterocycles. The summed E-state index contributed by atoms with van der Waals surface area (Å²) in [6, 6.07) is 10.2. The zero-order chi connectivity index (χ0) is 22.5. The fourth-order valence-corrected chi connectivity index (χ4v) is 4.36. The zero-order valence-corrected chi connectivity index (χ0v) is 17.9. The first-order valence-corrected chi connectivity index (χ1v) is 10.1. The van der Waals surface area contributed by atoms with Crippen molar-refractivity contribution in [1.29, 1.82) is 0 Å². The van der Waals surface area contributed by atoms with Gasteiger partial charge in [0.2, 0.25) is 0 Å². The molecular weight excluding hydrogens is 397 g/mol. The van der Waals surface area contributed by atoms with Gasteiger partial charge >= 0.3 is 6.03 Å². The van der Waals surface area contributed by atoms with Crippen LogP contribution in [0.5, 0.6) is 0 Å². The first kappa shape index (κ1) is 20.8. The smallest absolute Gasteiger partial charge is 0.336 e. The lowest BCUT2D eigenvalue weighted by Crippen LogP contribution is -2.54. The Morgan fingerprint density at radius 1 is 1.10 bits per heavy atom. The lowest BCUT2D eigenvalue weighted by Gasteiger charge is -2.45. The Balaban J connectivity index is 1.74. The number of carbonyl (C=O) groups excluding carboxylic acids is 3. The molecule has 0 aliphatic carbocycles. The molecule has 0 saturated carbocycles. The van der Waals surface area contributed by atoms with E-state index in [4.69, 9.17) is 0 Å². The summed E-state index contributed by atoms with van der Waals surface area (Å²) in [5.41, 5.74) is 2.49. The monoisotopic (exact) mass is 421 g/mol. The molecule has 2 aromatic carbocycles. The number of halogens is 1.